The van der Waals surface area contributed by atoms with Gasteiger partial charge in [0.25, 0.3) is 0 Å². The molecule has 0 bridgehead atoms. The van der Waals surface area contributed by atoms with Crippen molar-refractivity contribution in [3.63, 3.8) is 0 Å². The molecule has 2 unspecified atom stereocenters. The van der Waals surface area contributed by atoms with E-state index >= 15 is 0 Å². The maximum Gasteiger partial charge on any atom is 0.134 e. The standard InChI is InChI=1S/C9H11F2NO3/c10-5-1-4(12)2-6(11)8(5)9(15)7(14)3-13/h1-2,7,9,13-15H,3,12H2. The molecule has 0 spiro atoms. The van der Waals surface area contributed by atoms with Crippen LogP contribution in [-0.2, 0) is 0 Å². The molecule has 0 aromatic heterocycles. The molecule has 6 heteroatoms. The van der Waals surface area contributed by atoms with E-state index in [1.807, 2.05) is 0 Å². The van der Waals surface area contributed by atoms with Crippen molar-refractivity contribution in [1.82, 2.24) is 0 Å². The molecule has 0 amide bonds. The summed E-state index contributed by atoms with van der Waals surface area (Å²) in [6, 6.07) is 1.65. The molecule has 84 valence electrons. The van der Waals surface area contributed by atoms with Crippen LogP contribution in [0.15, 0.2) is 12.1 Å². The van der Waals surface area contributed by atoms with Crippen LogP contribution in [0.2, 0.25) is 0 Å². The number of nitrogens with two attached hydrogens (primary N) is 1. The number of hydrogen-bond acceptors (Lipinski definition) is 4. The van der Waals surface area contributed by atoms with E-state index in [4.69, 9.17) is 15.9 Å². The Kier molecular flexibility index (Phi) is 3.57. The largest absolute Gasteiger partial charge is 0.399 e. The maximum atomic E-state index is 13.2. The summed E-state index contributed by atoms with van der Waals surface area (Å²) in [6.45, 7) is -0.801. The van der Waals surface area contributed by atoms with E-state index in [9.17, 15) is 13.9 Å². The Labute approximate surface area is 84.6 Å². The van der Waals surface area contributed by atoms with Crippen molar-refractivity contribution in [2.24, 2.45) is 0 Å². The van der Waals surface area contributed by atoms with Gasteiger partial charge in [-0.3, -0.25) is 0 Å². The monoisotopic (exact) mass is 219 g/mol. The highest BCUT2D eigenvalue weighted by molar-refractivity contribution is 5.42. The van der Waals surface area contributed by atoms with E-state index in [2.05, 4.69) is 0 Å². The molecule has 0 heterocycles. The zero-order valence-electron chi connectivity index (χ0n) is 7.69. The van der Waals surface area contributed by atoms with E-state index in [0.717, 1.165) is 12.1 Å². The van der Waals surface area contributed by atoms with Gasteiger partial charge < -0.3 is 21.1 Å². The highest BCUT2D eigenvalue weighted by Gasteiger charge is 2.24. The van der Waals surface area contributed by atoms with Crippen molar-refractivity contribution >= 4 is 5.69 Å². The molecule has 0 aliphatic heterocycles. The Balaban J connectivity index is 3.13. The molecule has 0 aliphatic rings. The summed E-state index contributed by atoms with van der Waals surface area (Å²) in [6.07, 6.45) is -3.46. The average molecular weight is 219 g/mol. The molecule has 0 radical (unpaired) electrons. The highest BCUT2D eigenvalue weighted by Crippen LogP contribution is 2.25. The van der Waals surface area contributed by atoms with Crippen molar-refractivity contribution in [2.45, 2.75) is 12.2 Å². The van der Waals surface area contributed by atoms with Gasteiger partial charge in [0, 0.05) is 5.69 Å². The fourth-order valence-corrected chi connectivity index (χ4v) is 1.18. The Morgan fingerprint density at radius 3 is 2.07 bits per heavy atom. The van der Waals surface area contributed by atoms with Gasteiger partial charge in [-0.05, 0) is 12.1 Å². The fraction of sp³-hybridized carbons (Fsp3) is 0.333. The molecule has 0 saturated heterocycles. The lowest BCUT2D eigenvalue weighted by Crippen LogP contribution is -2.24. The predicted molar refractivity (Wildman–Crippen MR) is 48.8 cm³/mol. The molecule has 0 fully saturated rings. The number of aliphatic hydroxyl groups is 3. The van der Waals surface area contributed by atoms with Gasteiger partial charge in [0.15, 0.2) is 0 Å². The van der Waals surface area contributed by atoms with Gasteiger partial charge >= 0.3 is 0 Å². The third kappa shape index (κ3) is 2.41. The molecule has 0 aliphatic carbocycles. The topological polar surface area (TPSA) is 86.7 Å². The Bertz CT molecular complexity index is 336. The van der Waals surface area contributed by atoms with Crippen molar-refractivity contribution in [2.75, 3.05) is 12.3 Å². The molecule has 1 aromatic rings. The second-order valence-corrected chi connectivity index (χ2v) is 3.09. The van der Waals surface area contributed by atoms with E-state index in [0.29, 0.717) is 0 Å². The summed E-state index contributed by atoms with van der Waals surface area (Å²) in [5.74, 6) is -2.12. The minimum Gasteiger partial charge on any atom is -0.399 e. The first-order chi connectivity index (χ1) is 6.97. The van der Waals surface area contributed by atoms with Gasteiger partial charge in [-0.2, -0.15) is 0 Å². The van der Waals surface area contributed by atoms with Crippen LogP contribution in [0.4, 0.5) is 14.5 Å². The van der Waals surface area contributed by atoms with Crippen molar-refractivity contribution in [3.05, 3.63) is 29.3 Å². The number of aliphatic hydroxyl groups excluding tert-OH is 3. The summed E-state index contributed by atoms with van der Waals surface area (Å²) in [7, 11) is 0. The second-order valence-electron chi connectivity index (χ2n) is 3.09. The normalized spacial score (nSPS) is 15.0. The van der Waals surface area contributed by atoms with E-state index in [1.165, 1.54) is 0 Å². The van der Waals surface area contributed by atoms with Crippen molar-refractivity contribution in [3.8, 4) is 0 Å². The predicted octanol–water partition coefficient (Wildman–Crippen LogP) is -0.0664. The zero-order chi connectivity index (χ0) is 11.6. The number of benzene rings is 1. The Hall–Kier alpha value is -1.24. The van der Waals surface area contributed by atoms with Gasteiger partial charge in [-0.1, -0.05) is 0 Å². The third-order valence-electron chi connectivity index (χ3n) is 1.95. The second kappa shape index (κ2) is 4.52. The maximum absolute atomic E-state index is 13.2. The van der Waals surface area contributed by atoms with Gasteiger partial charge in [-0.25, -0.2) is 8.78 Å². The number of hydrogen-bond donors (Lipinski definition) is 4. The molecule has 5 N–H and O–H groups in total. The van der Waals surface area contributed by atoms with Crippen molar-refractivity contribution in [1.29, 1.82) is 0 Å². The van der Waals surface area contributed by atoms with E-state index < -0.39 is 36.0 Å². The Morgan fingerprint density at radius 1 is 1.20 bits per heavy atom. The van der Waals surface area contributed by atoms with Crippen LogP contribution in [0.5, 0.6) is 0 Å². The number of anilines is 1. The smallest absolute Gasteiger partial charge is 0.134 e. The molecule has 4 nitrogen and oxygen atoms in total. The first-order valence-electron chi connectivity index (χ1n) is 4.18. The minimum atomic E-state index is -1.82. The van der Waals surface area contributed by atoms with Crippen molar-refractivity contribution < 1.29 is 24.1 Å². The zero-order valence-corrected chi connectivity index (χ0v) is 7.69. The lowest BCUT2D eigenvalue weighted by atomic mass is 10.0. The van der Waals surface area contributed by atoms with Gasteiger partial charge in [0.1, 0.15) is 23.8 Å². The molecule has 1 rings (SSSR count). The molecule has 0 saturated carbocycles. The summed E-state index contributed by atoms with van der Waals surface area (Å²) in [5.41, 5.74) is 4.34. The van der Waals surface area contributed by atoms with Crippen LogP contribution in [0.1, 0.15) is 11.7 Å². The molecular formula is C9H11F2NO3. The third-order valence-corrected chi connectivity index (χ3v) is 1.95. The molecular weight excluding hydrogens is 208 g/mol. The molecule has 15 heavy (non-hydrogen) atoms. The fourth-order valence-electron chi connectivity index (χ4n) is 1.18. The van der Waals surface area contributed by atoms with Crippen LogP contribution < -0.4 is 5.73 Å². The molecule has 2 atom stereocenters. The summed E-state index contributed by atoms with van der Waals surface area (Å²) < 4.78 is 26.4. The summed E-state index contributed by atoms with van der Waals surface area (Å²) in [4.78, 5) is 0. The van der Waals surface area contributed by atoms with E-state index in [-0.39, 0.29) is 5.69 Å². The lowest BCUT2D eigenvalue weighted by molar-refractivity contribution is -0.0184. The highest BCUT2D eigenvalue weighted by atomic mass is 19.1. The van der Waals surface area contributed by atoms with Gasteiger partial charge in [-0.15, -0.1) is 0 Å². The SMILES string of the molecule is Nc1cc(F)c(C(O)C(O)CO)c(F)c1. The van der Waals surface area contributed by atoms with Crippen LogP contribution in [-0.4, -0.2) is 28.0 Å². The van der Waals surface area contributed by atoms with Crippen LogP contribution in [0, 0.1) is 11.6 Å². The molecule has 1 aromatic carbocycles. The number of halogens is 2. The van der Waals surface area contributed by atoms with Crippen LogP contribution >= 0.6 is 0 Å². The van der Waals surface area contributed by atoms with Gasteiger partial charge in [0.2, 0.25) is 0 Å². The first-order valence-corrected chi connectivity index (χ1v) is 4.18. The Morgan fingerprint density at radius 2 is 1.67 bits per heavy atom. The van der Waals surface area contributed by atoms with E-state index in [1.54, 1.807) is 0 Å². The summed E-state index contributed by atoms with van der Waals surface area (Å²) >= 11 is 0. The number of rotatable bonds is 3. The summed E-state index contributed by atoms with van der Waals surface area (Å²) in [5, 5.41) is 26.9. The lowest BCUT2D eigenvalue weighted by Gasteiger charge is -2.17. The number of nitrogen functional groups attached to an aromatic ring is 1. The van der Waals surface area contributed by atoms with Crippen LogP contribution in [0.3, 0.4) is 0 Å². The minimum absolute atomic E-state index is 0.126. The first kappa shape index (κ1) is 11.8. The quantitative estimate of drug-likeness (QED) is 0.536. The van der Waals surface area contributed by atoms with Crippen LogP contribution in [0.25, 0.3) is 0 Å². The average Bonchev–Trinajstić information content (AvgIpc) is 2.14. The van der Waals surface area contributed by atoms with Gasteiger partial charge in [0.05, 0.1) is 12.2 Å².